The number of nitrogens with zero attached hydrogens (tertiary/aromatic N) is 1. The van der Waals surface area contributed by atoms with E-state index in [4.69, 9.17) is 0 Å². The molecule has 0 radical (unpaired) electrons. The Morgan fingerprint density at radius 3 is 3.00 bits per heavy atom. The first-order valence-electron chi connectivity index (χ1n) is 4.29. The van der Waals surface area contributed by atoms with Crippen LogP contribution in [0.2, 0.25) is 0 Å². The molecule has 0 aromatic carbocycles. The van der Waals surface area contributed by atoms with Gasteiger partial charge in [0.2, 0.25) is 0 Å². The summed E-state index contributed by atoms with van der Waals surface area (Å²) in [5.74, 6) is 0.225. The summed E-state index contributed by atoms with van der Waals surface area (Å²) in [6.45, 7) is 6.79. The second-order valence-corrected chi connectivity index (χ2v) is 4.16. The van der Waals surface area contributed by atoms with Gasteiger partial charge in [0.05, 0.1) is 5.69 Å². The largest absolute Gasteiger partial charge is 0.506 e. The van der Waals surface area contributed by atoms with Crippen LogP contribution in [0.15, 0.2) is 23.2 Å². The fourth-order valence-electron chi connectivity index (χ4n) is 1.05. The maximum Gasteiger partial charge on any atom is 0.138 e. The fraction of sp³-hybridized carbons (Fsp3) is 0.300. The first-order chi connectivity index (χ1) is 6.59. The smallest absolute Gasteiger partial charge is 0.138 e. The fourth-order valence-corrected chi connectivity index (χ4v) is 1.25. The van der Waals surface area contributed by atoms with E-state index in [0.29, 0.717) is 18.8 Å². The molecule has 1 rings (SSSR count). The summed E-state index contributed by atoms with van der Waals surface area (Å²) in [5, 5.41) is 12.6. The molecule has 0 amide bonds. The molecule has 0 saturated heterocycles. The van der Waals surface area contributed by atoms with Crippen LogP contribution in [-0.4, -0.2) is 16.6 Å². The highest BCUT2D eigenvalue weighted by atomic mass is 79.9. The van der Waals surface area contributed by atoms with Crippen molar-refractivity contribution in [2.75, 3.05) is 6.54 Å². The van der Waals surface area contributed by atoms with Gasteiger partial charge in [-0.2, -0.15) is 0 Å². The van der Waals surface area contributed by atoms with Crippen LogP contribution in [0.3, 0.4) is 0 Å². The third-order valence-electron chi connectivity index (χ3n) is 1.70. The van der Waals surface area contributed by atoms with Crippen molar-refractivity contribution in [1.29, 1.82) is 0 Å². The number of pyridine rings is 1. The van der Waals surface area contributed by atoms with Crippen LogP contribution >= 0.6 is 15.9 Å². The molecule has 2 N–H and O–H groups in total. The number of aromatic hydroxyl groups is 1. The van der Waals surface area contributed by atoms with Crippen molar-refractivity contribution >= 4 is 15.9 Å². The molecule has 0 aliphatic heterocycles. The molecule has 1 heterocycles. The first-order valence-corrected chi connectivity index (χ1v) is 5.08. The Kier molecular flexibility index (Phi) is 4.10. The van der Waals surface area contributed by atoms with Gasteiger partial charge in [-0.25, -0.2) is 0 Å². The number of aromatic nitrogens is 1. The maximum atomic E-state index is 9.46. The normalized spacial score (nSPS) is 10.1. The van der Waals surface area contributed by atoms with Gasteiger partial charge in [0.15, 0.2) is 0 Å². The molecule has 3 nitrogen and oxygen atoms in total. The van der Waals surface area contributed by atoms with Crippen molar-refractivity contribution in [3.63, 3.8) is 0 Å². The van der Waals surface area contributed by atoms with Crippen LogP contribution in [0.25, 0.3) is 0 Å². The standard InChI is InChI=1S/C10H13BrN2O/c1-7(11)5-12-6-9-10(14)4-3-8(2)13-9/h3-4,12,14H,1,5-6H2,2H3. The highest BCUT2D eigenvalue weighted by molar-refractivity contribution is 9.11. The van der Waals surface area contributed by atoms with E-state index in [9.17, 15) is 5.11 Å². The highest BCUT2D eigenvalue weighted by Gasteiger charge is 2.02. The Labute approximate surface area is 92.0 Å². The molecule has 0 aliphatic carbocycles. The van der Waals surface area contributed by atoms with Crippen molar-refractivity contribution in [3.05, 3.63) is 34.6 Å². The van der Waals surface area contributed by atoms with E-state index in [1.54, 1.807) is 12.1 Å². The zero-order valence-electron chi connectivity index (χ0n) is 8.05. The molecule has 4 heteroatoms. The third kappa shape index (κ3) is 3.47. The molecule has 0 spiro atoms. The Bertz CT molecular complexity index is 339. The average Bonchev–Trinajstić information content (AvgIpc) is 2.10. The predicted molar refractivity (Wildman–Crippen MR) is 60.4 cm³/mol. The van der Waals surface area contributed by atoms with Crippen molar-refractivity contribution in [2.45, 2.75) is 13.5 Å². The van der Waals surface area contributed by atoms with E-state index in [0.717, 1.165) is 10.2 Å². The summed E-state index contributed by atoms with van der Waals surface area (Å²) in [4.78, 5) is 4.21. The minimum atomic E-state index is 0.225. The Morgan fingerprint density at radius 1 is 1.64 bits per heavy atom. The Hall–Kier alpha value is -0.870. The van der Waals surface area contributed by atoms with Gasteiger partial charge in [-0.15, -0.1) is 0 Å². The van der Waals surface area contributed by atoms with E-state index >= 15 is 0 Å². The number of hydrogen-bond acceptors (Lipinski definition) is 3. The summed E-state index contributed by atoms with van der Waals surface area (Å²) in [6.07, 6.45) is 0. The van der Waals surface area contributed by atoms with Crippen LogP contribution in [-0.2, 0) is 6.54 Å². The minimum absolute atomic E-state index is 0.225. The van der Waals surface area contributed by atoms with Crippen molar-refractivity contribution in [3.8, 4) is 5.75 Å². The lowest BCUT2D eigenvalue weighted by Gasteiger charge is -2.05. The molecule has 0 atom stereocenters. The molecule has 0 saturated carbocycles. The van der Waals surface area contributed by atoms with Crippen LogP contribution in [0.4, 0.5) is 0 Å². The van der Waals surface area contributed by atoms with Crippen LogP contribution in [0.1, 0.15) is 11.4 Å². The zero-order valence-corrected chi connectivity index (χ0v) is 9.63. The first kappa shape index (κ1) is 11.2. The van der Waals surface area contributed by atoms with Gasteiger partial charge < -0.3 is 10.4 Å². The number of nitrogens with one attached hydrogen (secondary N) is 1. The molecule has 1 aromatic heterocycles. The summed E-state index contributed by atoms with van der Waals surface area (Å²) in [5.41, 5.74) is 1.57. The van der Waals surface area contributed by atoms with Crippen molar-refractivity contribution in [1.82, 2.24) is 10.3 Å². The second-order valence-electron chi connectivity index (χ2n) is 3.04. The maximum absolute atomic E-state index is 9.46. The minimum Gasteiger partial charge on any atom is -0.506 e. The predicted octanol–water partition coefficient (Wildman–Crippen LogP) is 2.09. The van der Waals surface area contributed by atoms with Gasteiger partial charge >= 0.3 is 0 Å². The topological polar surface area (TPSA) is 45.2 Å². The monoisotopic (exact) mass is 256 g/mol. The summed E-state index contributed by atoms with van der Waals surface area (Å²) >= 11 is 3.24. The van der Waals surface area contributed by atoms with E-state index in [1.165, 1.54) is 0 Å². The number of aryl methyl sites for hydroxylation is 1. The molecule has 0 unspecified atom stereocenters. The van der Waals surface area contributed by atoms with Crippen molar-refractivity contribution < 1.29 is 5.11 Å². The van der Waals surface area contributed by atoms with Crippen LogP contribution in [0.5, 0.6) is 5.75 Å². The van der Waals surface area contributed by atoms with E-state index < -0.39 is 0 Å². The molecule has 0 fully saturated rings. The third-order valence-corrected chi connectivity index (χ3v) is 1.98. The highest BCUT2D eigenvalue weighted by Crippen LogP contribution is 2.14. The van der Waals surface area contributed by atoms with Gasteiger partial charge in [0.25, 0.3) is 0 Å². The summed E-state index contributed by atoms with van der Waals surface area (Å²) < 4.78 is 0.879. The molecule has 1 aromatic rings. The van der Waals surface area contributed by atoms with Crippen molar-refractivity contribution in [2.24, 2.45) is 0 Å². The second kappa shape index (κ2) is 5.12. The molecule has 76 valence electrons. The van der Waals surface area contributed by atoms with Gasteiger partial charge in [-0.1, -0.05) is 22.5 Å². The lowest BCUT2D eigenvalue weighted by atomic mass is 10.3. The van der Waals surface area contributed by atoms with E-state index in [1.807, 2.05) is 6.92 Å². The number of rotatable bonds is 4. The Balaban J connectivity index is 2.57. The van der Waals surface area contributed by atoms with Gasteiger partial charge in [0, 0.05) is 23.3 Å². The number of halogens is 1. The van der Waals surface area contributed by atoms with Gasteiger partial charge in [-0.3, -0.25) is 4.98 Å². The SMILES string of the molecule is C=C(Br)CNCc1nc(C)ccc1O. The van der Waals surface area contributed by atoms with E-state index in [-0.39, 0.29) is 5.75 Å². The lowest BCUT2D eigenvalue weighted by Crippen LogP contribution is -2.15. The van der Waals surface area contributed by atoms with Crippen LogP contribution in [0, 0.1) is 6.92 Å². The van der Waals surface area contributed by atoms with Crippen LogP contribution < -0.4 is 5.32 Å². The molecule has 0 aliphatic rings. The van der Waals surface area contributed by atoms with E-state index in [2.05, 4.69) is 32.8 Å². The average molecular weight is 257 g/mol. The zero-order chi connectivity index (χ0) is 10.6. The lowest BCUT2D eigenvalue weighted by molar-refractivity contribution is 0.460. The van der Waals surface area contributed by atoms with Gasteiger partial charge in [-0.05, 0) is 19.1 Å². The molecular weight excluding hydrogens is 244 g/mol. The Morgan fingerprint density at radius 2 is 2.36 bits per heavy atom. The molecule has 0 bridgehead atoms. The molecule has 14 heavy (non-hydrogen) atoms. The summed E-state index contributed by atoms with van der Waals surface area (Å²) in [6, 6.07) is 3.44. The summed E-state index contributed by atoms with van der Waals surface area (Å²) in [7, 11) is 0. The molecular formula is C10H13BrN2O. The quantitative estimate of drug-likeness (QED) is 0.868. The van der Waals surface area contributed by atoms with Gasteiger partial charge in [0.1, 0.15) is 5.75 Å². The number of hydrogen-bond donors (Lipinski definition) is 2.